The molecule has 0 saturated carbocycles. The number of thiazole rings is 1. The zero-order valence-corrected chi connectivity index (χ0v) is 25.5. The summed E-state index contributed by atoms with van der Waals surface area (Å²) in [6.45, 7) is 3.53. The Bertz CT molecular complexity index is 2060. The second kappa shape index (κ2) is 11.2. The number of aromatic nitrogens is 3. The molecule has 0 saturated heterocycles. The summed E-state index contributed by atoms with van der Waals surface area (Å²) in [4.78, 5) is 52.2. The number of halogens is 1. The molecule has 0 unspecified atom stereocenters. The summed E-state index contributed by atoms with van der Waals surface area (Å²) in [5.74, 6) is 0.120. The Morgan fingerprint density at radius 3 is 2.71 bits per heavy atom. The van der Waals surface area contributed by atoms with Crippen molar-refractivity contribution in [2.75, 3.05) is 5.32 Å². The third-order valence-electron chi connectivity index (χ3n) is 6.10. The van der Waals surface area contributed by atoms with Gasteiger partial charge in [-0.05, 0) is 71.2 Å². The molecule has 206 valence electrons. The highest BCUT2D eigenvalue weighted by Crippen LogP contribution is 2.35. The van der Waals surface area contributed by atoms with Crippen molar-refractivity contribution >= 4 is 68.0 Å². The highest BCUT2D eigenvalue weighted by atomic mass is 79.9. The molecule has 1 aliphatic rings. The lowest BCUT2D eigenvalue weighted by atomic mass is 10.0. The van der Waals surface area contributed by atoms with Gasteiger partial charge in [-0.3, -0.25) is 19.0 Å². The molecule has 0 aliphatic carbocycles. The Morgan fingerprint density at radius 2 is 1.98 bits per heavy atom. The fraction of sp³-hybridized carbons (Fsp3) is 0.107. The molecule has 2 N–H and O–H groups in total. The van der Waals surface area contributed by atoms with Crippen LogP contribution in [0.4, 0.5) is 5.69 Å². The topological polar surface area (TPSA) is 122 Å². The number of nitrogens with zero attached hydrogens (tertiary/aromatic N) is 3. The summed E-state index contributed by atoms with van der Waals surface area (Å²) in [5, 5.41) is 5.73. The summed E-state index contributed by atoms with van der Waals surface area (Å²) in [7, 11) is 0. The van der Waals surface area contributed by atoms with Crippen molar-refractivity contribution in [3.63, 3.8) is 0 Å². The van der Waals surface area contributed by atoms with Crippen LogP contribution >= 0.6 is 50.4 Å². The number of fused-ring (bicyclic) bond motifs is 1. The van der Waals surface area contributed by atoms with Gasteiger partial charge in [-0.2, -0.15) is 0 Å². The smallest absolute Gasteiger partial charge is 0.271 e. The van der Waals surface area contributed by atoms with Crippen LogP contribution in [0.15, 0.2) is 105 Å². The van der Waals surface area contributed by atoms with Gasteiger partial charge in [0.1, 0.15) is 11.8 Å². The molecular formula is C28H20BrN5O4S3. The van der Waals surface area contributed by atoms with E-state index in [2.05, 4.69) is 36.2 Å². The van der Waals surface area contributed by atoms with Gasteiger partial charge >= 0.3 is 0 Å². The number of allylic oxidation sites excluding steroid dienone is 1. The van der Waals surface area contributed by atoms with E-state index in [0.29, 0.717) is 52.5 Å². The summed E-state index contributed by atoms with van der Waals surface area (Å²) >= 11 is 7.35. The first-order chi connectivity index (χ1) is 19.8. The molecule has 0 bridgehead atoms. The number of benzene rings is 1. The maximum atomic E-state index is 13.8. The molecular weight excluding hydrogens is 646 g/mol. The van der Waals surface area contributed by atoms with E-state index in [4.69, 9.17) is 4.42 Å². The highest BCUT2D eigenvalue weighted by molar-refractivity contribution is 9.10. The van der Waals surface area contributed by atoms with Crippen molar-refractivity contribution in [2.24, 2.45) is 4.99 Å². The maximum absolute atomic E-state index is 13.8. The number of rotatable bonds is 6. The summed E-state index contributed by atoms with van der Waals surface area (Å²) in [5.41, 5.74) is 1.67. The number of anilines is 1. The number of furan rings is 1. The Morgan fingerprint density at radius 1 is 1.17 bits per heavy atom. The fourth-order valence-corrected chi connectivity index (χ4v) is 7.59. The van der Waals surface area contributed by atoms with E-state index >= 15 is 0 Å². The molecule has 0 radical (unpaired) electrons. The number of hydrogen-bond donors (Lipinski definition) is 2. The minimum atomic E-state index is -0.629. The lowest BCUT2D eigenvalue weighted by molar-refractivity contribution is -0.113. The molecule has 0 fully saturated rings. The number of para-hydroxylation sites is 1. The minimum absolute atomic E-state index is 0.253. The number of carbonyl (C=O) groups is 1. The lowest BCUT2D eigenvalue weighted by Crippen LogP contribution is -2.40. The molecule has 0 spiro atoms. The van der Waals surface area contributed by atoms with Crippen LogP contribution in [0.5, 0.6) is 0 Å². The Hall–Kier alpha value is -3.78. The van der Waals surface area contributed by atoms with E-state index in [0.717, 1.165) is 16.6 Å². The first-order valence-corrected chi connectivity index (χ1v) is 15.5. The van der Waals surface area contributed by atoms with Crippen LogP contribution < -0.4 is 25.8 Å². The first-order valence-electron chi connectivity index (χ1n) is 12.2. The molecule has 5 heterocycles. The number of aryl methyl sites for hydroxylation is 1. The van der Waals surface area contributed by atoms with E-state index in [1.807, 2.05) is 47.8 Å². The van der Waals surface area contributed by atoms with Gasteiger partial charge in [0, 0.05) is 28.4 Å². The second-order valence-corrected chi connectivity index (χ2v) is 12.8. The summed E-state index contributed by atoms with van der Waals surface area (Å²) < 4.78 is 8.62. The van der Waals surface area contributed by atoms with Crippen LogP contribution in [0, 0.1) is 6.92 Å². The monoisotopic (exact) mass is 665 g/mol. The fourth-order valence-electron chi connectivity index (χ4n) is 4.37. The molecule has 13 heteroatoms. The van der Waals surface area contributed by atoms with Gasteiger partial charge in [0.25, 0.3) is 17.0 Å². The molecule has 6 rings (SSSR count). The molecule has 4 aromatic heterocycles. The predicted octanol–water partition coefficient (Wildman–Crippen LogP) is 4.83. The Labute approximate surface area is 253 Å². The van der Waals surface area contributed by atoms with Gasteiger partial charge in [-0.1, -0.05) is 35.6 Å². The molecule has 1 aliphatic heterocycles. The molecule has 5 aromatic rings. The molecule has 1 amide bonds. The quantitative estimate of drug-likeness (QED) is 0.251. The van der Waals surface area contributed by atoms with Crippen LogP contribution in [0.25, 0.3) is 6.08 Å². The van der Waals surface area contributed by atoms with Gasteiger partial charge in [0.05, 0.1) is 20.3 Å². The number of thiophene rings is 1. The SMILES string of the molecule is CC1=C(C(=O)Nc2ccccc2)[C@H](c2cccs2)n2c(s/c(=C/c3cc(Br)c(Sc4nc(C)cc(=O)[nH]4)o3)c2=O)=N1. The third-order valence-corrected chi connectivity index (χ3v) is 9.73. The van der Waals surface area contributed by atoms with Crippen molar-refractivity contribution in [3.8, 4) is 0 Å². The number of nitrogens with one attached hydrogen (secondary N) is 2. The summed E-state index contributed by atoms with van der Waals surface area (Å²) in [6, 6.07) is 15.5. The van der Waals surface area contributed by atoms with Crippen LogP contribution in [-0.2, 0) is 4.79 Å². The first kappa shape index (κ1) is 27.4. The average Bonchev–Trinajstić information content (AvgIpc) is 3.64. The van der Waals surface area contributed by atoms with Crippen molar-refractivity contribution in [1.82, 2.24) is 14.5 Å². The Balaban J connectivity index is 1.40. The second-order valence-electron chi connectivity index (χ2n) is 9.00. The number of carbonyl (C=O) groups excluding carboxylic acids is 1. The largest absolute Gasteiger partial charge is 0.449 e. The van der Waals surface area contributed by atoms with Crippen LogP contribution in [0.2, 0.25) is 0 Å². The predicted molar refractivity (Wildman–Crippen MR) is 163 cm³/mol. The average molecular weight is 667 g/mol. The van der Waals surface area contributed by atoms with Gasteiger partial charge in [-0.15, -0.1) is 11.3 Å². The van der Waals surface area contributed by atoms with Crippen molar-refractivity contribution in [2.45, 2.75) is 30.1 Å². The number of hydrogen-bond acceptors (Lipinski definition) is 9. The van der Waals surface area contributed by atoms with Crippen molar-refractivity contribution in [1.29, 1.82) is 0 Å². The standard InChI is InChI=1S/C28H20BrN5O4S3/c1-14-11-21(35)33-27(30-14)41-26-18(29)12-17(38-26)13-20-25(37)34-23(19-9-6-10-39-19)22(15(2)31-28(34)40-20)24(36)32-16-7-4-3-5-8-16/h3-13,23H,1-2H3,(H,32,36)(H,30,33,35)/b20-13+/t23-/m0/s1. The van der Waals surface area contributed by atoms with Gasteiger partial charge in [-0.25, -0.2) is 9.98 Å². The maximum Gasteiger partial charge on any atom is 0.271 e. The molecule has 1 aromatic carbocycles. The van der Waals surface area contributed by atoms with Crippen molar-refractivity contribution < 1.29 is 9.21 Å². The zero-order chi connectivity index (χ0) is 28.7. The minimum Gasteiger partial charge on any atom is -0.449 e. The third kappa shape index (κ3) is 5.58. The highest BCUT2D eigenvalue weighted by Gasteiger charge is 2.33. The number of H-pyrrole nitrogens is 1. The number of aromatic amines is 1. The van der Waals surface area contributed by atoms with E-state index in [1.54, 1.807) is 30.6 Å². The van der Waals surface area contributed by atoms with E-state index in [1.165, 1.54) is 28.7 Å². The zero-order valence-electron chi connectivity index (χ0n) is 21.5. The van der Waals surface area contributed by atoms with E-state index in [9.17, 15) is 14.4 Å². The molecule has 41 heavy (non-hydrogen) atoms. The van der Waals surface area contributed by atoms with Crippen molar-refractivity contribution in [3.05, 3.63) is 122 Å². The van der Waals surface area contributed by atoms with Crippen LogP contribution in [-0.4, -0.2) is 20.4 Å². The van der Waals surface area contributed by atoms with Gasteiger partial charge in [0.2, 0.25) is 0 Å². The van der Waals surface area contributed by atoms with Crippen LogP contribution in [0.3, 0.4) is 0 Å². The molecule has 1 atom stereocenters. The summed E-state index contributed by atoms with van der Waals surface area (Å²) in [6.07, 6.45) is 1.65. The van der Waals surface area contributed by atoms with Gasteiger partial charge in [0.15, 0.2) is 15.1 Å². The Kier molecular flexibility index (Phi) is 7.51. The van der Waals surface area contributed by atoms with E-state index in [-0.39, 0.29) is 17.0 Å². The van der Waals surface area contributed by atoms with Gasteiger partial charge < -0.3 is 14.7 Å². The molecule has 9 nitrogen and oxygen atoms in total. The normalized spacial score (nSPS) is 15.1. The lowest BCUT2D eigenvalue weighted by Gasteiger charge is -2.24. The van der Waals surface area contributed by atoms with E-state index < -0.39 is 6.04 Å². The number of amides is 1. The van der Waals surface area contributed by atoms with Crippen LogP contribution in [0.1, 0.15) is 29.3 Å².